The monoisotopic (exact) mass is 562 g/mol. The third kappa shape index (κ3) is 4.84. The highest BCUT2D eigenvalue weighted by atomic mass is 32.2. The number of rotatable bonds is 6. The van der Waals surface area contributed by atoms with E-state index in [1.54, 1.807) is 24.3 Å². The van der Waals surface area contributed by atoms with Crippen molar-refractivity contribution in [3.05, 3.63) is 118 Å². The lowest BCUT2D eigenvalue weighted by Crippen LogP contribution is -2.24. The van der Waals surface area contributed by atoms with E-state index in [9.17, 15) is 26.4 Å². The molecule has 8 nitrogen and oxygen atoms in total. The second-order valence-corrected chi connectivity index (χ2v) is 12.3. The van der Waals surface area contributed by atoms with Crippen LogP contribution in [0.5, 0.6) is 11.5 Å². The molecule has 0 saturated carbocycles. The molecule has 0 saturated heterocycles. The molecule has 0 radical (unpaired) electrons. The minimum Gasteiger partial charge on any atom is -0.379 e. The van der Waals surface area contributed by atoms with E-state index >= 15 is 0 Å². The van der Waals surface area contributed by atoms with Crippen molar-refractivity contribution < 1.29 is 34.8 Å². The lowest BCUT2D eigenvalue weighted by molar-refractivity contribution is 0.0977. The van der Waals surface area contributed by atoms with E-state index in [1.807, 2.05) is 13.8 Å². The molecule has 0 fully saturated rings. The Hall–Kier alpha value is -4.28. The van der Waals surface area contributed by atoms with E-state index in [4.69, 9.17) is 8.37 Å². The van der Waals surface area contributed by atoms with Crippen molar-refractivity contribution >= 4 is 31.8 Å². The van der Waals surface area contributed by atoms with E-state index in [0.29, 0.717) is 0 Å². The first kappa shape index (κ1) is 26.3. The first-order valence-electron chi connectivity index (χ1n) is 11.8. The highest BCUT2D eigenvalue weighted by Crippen LogP contribution is 2.38. The van der Waals surface area contributed by atoms with Crippen molar-refractivity contribution in [2.45, 2.75) is 30.6 Å². The molecular weight excluding hydrogens is 540 g/mol. The van der Waals surface area contributed by atoms with E-state index in [-0.39, 0.29) is 49.1 Å². The first-order chi connectivity index (χ1) is 18.4. The molecule has 5 rings (SSSR count). The van der Waals surface area contributed by atoms with Crippen LogP contribution in [0.2, 0.25) is 0 Å². The maximum Gasteiger partial charge on any atom is 0.339 e. The number of carbonyl (C=O) groups excluding carboxylic acids is 2. The van der Waals surface area contributed by atoms with Gasteiger partial charge in [-0.05, 0) is 68.8 Å². The number of benzene rings is 4. The summed E-state index contributed by atoms with van der Waals surface area (Å²) in [5, 5.41) is 0. The average Bonchev–Trinajstić information content (AvgIpc) is 2.87. The summed E-state index contributed by atoms with van der Waals surface area (Å²) in [4.78, 5) is 27.0. The maximum atomic E-state index is 13.6. The fourth-order valence-electron chi connectivity index (χ4n) is 4.33. The number of hydrogen-bond acceptors (Lipinski definition) is 8. The summed E-state index contributed by atoms with van der Waals surface area (Å²) in [5.74, 6) is -1.64. The van der Waals surface area contributed by atoms with Gasteiger partial charge in [0.1, 0.15) is 15.5 Å². The van der Waals surface area contributed by atoms with Gasteiger partial charge in [-0.15, -0.1) is 0 Å². The molecular formula is C29H22O8S2. The van der Waals surface area contributed by atoms with Crippen LogP contribution >= 0.6 is 0 Å². The Kier molecular flexibility index (Phi) is 6.40. The lowest BCUT2D eigenvalue weighted by Gasteiger charge is -2.22. The maximum absolute atomic E-state index is 13.6. The molecule has 0 aliphatic heterocycles. The first-order valence-corrected chi connectivity index (χ1v) is 14.6. The zero-order valence-electron chi connectivity index (χ0n) is 21.1. The normalized spacial score (nSPS) is 13.0. The van der Waals surface area contributed by atoms with Gasteiger partial charge in [0, 0.05) is 16.7 Å². The van der Waals surface area contributed by atoms with Crippen LogP contribution in [0.15, 0.2) is 88.7 Å². The third-order valence-corrected chi connectivity index (χ3v) is 8.81. The zero-order chi connectivity index (χ0) is 28.1. The highest BCUT2D eigenvalue weighted by molar-refractivity contribution is 7.87. The summed E-state index contributed by atoms with van der Waals surface area (Å²) in [6, 6.07) is 18.7. The Balaban J connectivity index is 1.53. The van der Waals surface area contributed by atoms with Gasteiger partial charge in [0.2, 0.25) is 0 Å². The van der Waals surface area contributed by atoms with Crippen LogP contribution in [0, 0.1) is 20.8 Å². The second kappa shape index (κ2) is 9.48. The molecule has 0 spiro atoms. The summed E-state index contributed by atoms with van der Waals surface area (Å²) in [6.45, 7) is 5.16. The van der Waals surface area contributed by atoms with Crippen molar-refractivity contribution in [2.75, 3.05) is 0 Å². The van der Waals surface area contributed by atoms with Crippen molar-refractivity contribution in [3.8, 4) is 11.5 Å². The fourth-order valence-corrected chi connectivity index (χ4v) is 6.18. The molecule has 39 heavy (non-hydrogen) atoms. The fraction of sp³-hybridized carbons (Fsp3) is 0.103. The van der Waals surface area contributed by atoms with Gasteiger partial charge in [-0.1, -0.05) is 47.5 Å². The van der Waals surface area contributed by atoms with Crippen LogP contribution in [0.3, 0.4) is 0 Å². The van der Waals surface area contributed by atoms with E-state index < -0.39 is 31.8 Å². The van der Waals surface area contributed by atoms with E-state index in [2.05, 4.69) is 0 Å². The van der Waals surface area contributed by atoms with Gasteiger partial charge in [0.25, 0.3) is 0 Å². The molecule has 0 N–H and O–H groups in total. The summed E-state index contributed by atoms with van der Waals surface area (Å²) >= 11 is 0. The molecule has 0 amide bonds. The van der Waals surface area contributed by atoms with Gasteiger partial charge >= 0.3 is 20.2 Å². The van der Waals surface area contributed by atoms with E-state index in [0.717, 1.165) is 11.1 Å². The average molecular weight is 563 g/mol. The highest BCUT2D eigenvalue weighted by Gasteiger charge is 2.36. The summed E-state index contributed by atoms with van der Waals surface area (Å²) in [7, 11) is -8.50. The van der Waals surface area contributed by atoms with Crippen molar-refractivity contribution in [3.63, 3.8) is 0 Å². The number of carbonyl (C=O) groups is 2. The van der Waals surface area contributed by atoms with Gasteiger partial charge < -0.3 is 8.37 Å². The van der Waals surface area contributed by atoms with Gasteiger partial charge in [-0.25, -0.2) is 0 Å². The predicted molar refractivity (Wildman–Crippen MR) is 142 cm³/mol. The van der Waals surface area contributed by atoms with Crippen LogP contribution in [0.4, 0.5) is 0 Å². The standard InChI is InChI=1S/C29H22O8S2/c1-17-7-11-21(12-8-17)38(32,33)36-20-15-19(3)26-24(16-20)28(30)23-5-4-6-25(27(23)29(26)31)37-39(34,35)22-13-9-18(2)10-14-22/h4-16H,1-3H3. The Morgan fingerprint density at radius 1 is 0.564 bits per heavy atom. The minimum atomic E-state index is -4.30. The number of aryl methyl sites for hydroxylation is 3. The number of fused-ring (bicyclic) bond motifs is 2. The summed E-state index contributed by atoms with van der Waals surface area (Å²) < 4.78 is 62.1. The van der Waals surface area contributed by atoms with Gasteiger partial charge in [-0.2, -0.15) is 16.8 Å². The second-order valence-electron chi connectivity index (χ2n) is 9.20. The van der Waals surface area contributed by atoms with Gasteiger partial charge in [0.05, 0.1) is 5.56 Å². The SMILES string of the molecule is Cc1ccc(S(=O)(=O)Oc2cc(C)c3c(c2)C(=O)c2cccc(OS(=O)(=O)c4ccc(C)cc4)c2C3=O)cc1. The molecule has 0 unspecified atom stereocenters. The Morgan fingerprint density at radius 3 is 1.67 bits per heavy atom. The smallest absolute Gasteiger partial charge is 0.339 e. The lowest BCUT2D eigenvalue weighted by atomic mass is 9.81. The van der Waals surface area contributed by atoms with Gasteiger partial charge in [0.15, 0.2) is 17.3 Å². The molecule has 1 aliphatic carbocycles. The van der Waals surface area contributed by atoms with Crippen LogP contribution in [-0.2, 0) is 20.2 Å². The van der Waals surface area contributed by atoms with Gasteiger partial charge in [-0.3, -0.25) is 9.59 Å². The summed E-state index contributed by atoms with van der Waals surface area (Å²) in [5.41, 5.74) is 1.71. The van der Waals surface area contributed by atoms with Crippen LogP contribution in [0.1, 0.15) is 48.5 Å². The largest absolute Gasteiger partial charge is 0.379 e. The Labute approximate surface area is 226 Å². The Bertz CT molecular complexity index is 1870. The number of ketones is 2. The molecule has 4 aromatic carbocycles. The molecule has 1 aliphatic rings. The third-order valence-electron chi connectivity index (χ3n) is 6.30. The van der Waals surface area contributed by atoms with Crippen LogP contribution < -0.4 is 8.37 Å². The molecule has 4 aromatic rings. The molecule has 198 valence electrons. The van der Waals surface area contributed by atoms with Crippen LogP contribution in [-0.4, -0.2) is 28.4 Å². The Morgan fingerprint density at radius 2 is 1.10 bits per heavy atom. The zero-order valence-corrected chi connectivity index (χ0v) is 22.7. The molecule has 0 atom stereocenters. The quantitative estimate of drug-likeness (QED) is 0.267. The number of hydrogen-bond donors (Lipinski definition) is 0. The molecule has 0 aromatic heterocycles. The predicted octanol–water partition coefficient (Wildman–Crippen LogP) is 4.92. The molecule has 10 heteroatoms. The topological polar surface area (TPSA) is 121 Å². The van der Waals surface area contributed by atoms with Crippen molar-refractivity contribution in [2.24, 2.45) is 0 Å². The van der Waals surface area contributed by atoms with Crippen LogP contribution in [0.25, 0.3) is 0 Å². The molecule has 0 bridgehead atoms. The molecule has 0 heterocycles. The van der Waals surface area contributed by atoms with E-state index in [1.165, 1.54) is 61.5 Å². The van der Waals surface area contributed by atoms with Crippen molar-refractivity contribution in [1.82, 2.24) is 0 Å². The minimum absolute atomic E-state index is 0.0105. The van der Waals surface area contributed by atoms with Crippen molar-refractivity contribution in [1.29, 1.82) is 0 Å². The summed E-state index contributed by atoms with van der Waals surface area (Å²) in [6.07, 6.45) is 0.